The first-order valence-corrected chi connectivity index (χ1v) is 6.52. The van der Waals surface area contributed by atoms with E-state index < -0.39 is 12.0 Å². The monoisotopic (exact) mass is 294 g/mol. The summed E-state index contributed by atoms with van der Waals surface area (Å²) in [6.07, 6.45) is 2.99. The van der Waals surface area contributed by atoms with E-state index in [1.807, 2.05) is 0 Å². The van der Waals surface area contributed by atoms with Crippen LogP contribution >= 0.6 is 15.9 Å². The number of halogens is 1. The smallest absolute Gasteiger partial charge is 0.326 e. The highest BCUT2D eigenvalue weighted by Gasteiger charge is 2.18. The quantitative estimate of drug-likeness (QED) is 0.434. The Morgan fingerprint density at radius 3 is 2.50 bits per heavy atom. The van der Waals surface area contributed by atoms with Crippen molar-refractivity contribution in [2.45, 2.75) is 38.1 Å². The van der Waals surface area contributed by atoms with Crippen molar-refractivity contribution >= 4 is 27.8 Å². The molecule has 0 radical (unpaired) electrons. The second kappa shape index (κ2) is 9.59. The van der Waals surface area contributed by atoms with Gasteiger partial charge in [-0.25, -0.2) is 4.79 Å². The molecule has 94 valence electrons. The van der Waals surface area contributed by atoms with Crippen LogP contribution in [-0.4, -0.2) is 34.9 Å². The molecule has 5 nitrogen and oxygen atoms in total. The molecule has 4 N–H and O–H groups in total. The predicted octanol–water partition coefficient (Wildman–Crippen LogP) is 0.860. The van der Waals surface area contributed by atoms with E-state index >= 15 is 0 Å². The summed E-state index contributed by atoms with van der Waals surface area (Å²) in [4.78, 5) is 22.2. The zero-order valence-corrected chi connectivity index (χ0v) is 10.8. The van der Waals surface area contributed by atoms with Crippen LogP contribution in [0.15, 0.2) is 0 Å². The van der Waals surface area contributed by atoms with Crippen molar-refractivity contribution in [2.75, 3.05) is 11.9 Å². The lowest BCUT2D eigenvalue weighted by atomic mass is 10.1. The van der Waals surface area contributed by atoms with Crippen LogP contribution in [0.1, 0.15) is 32.1 Å². The molecule has 0 rings (SSSR count). The van der Waals surface area contributed by atoms with E-state index in [4.69, 9.17) is 10.8 Å². The summed E-state index contributed by atoms with van der Waals surface area (Å²) in [5.41, 5.74) is 5.32. The Hall–Kier alpha value is -0.620. The highest BCUT2D eigenvalue weighted by molar-refractivity contribution is 9.09. The molecule has 0 aromatic heterocycles. The average Bonchev–Trinajstić information content (AvgIpc) is 2.25. The maximum Gasteiger partial charge on any atom is 0.326 e. The number of carboxylic acid groups (broad SMARTS) is 1. The van der Waals surface area contributed by atoms with Crippen LogP contribution in [0.2, 0.25) is 0 Å². The standard InChI is InChI=1S/C10H19BrN2O3/c11-6-3-5-9(14)13-8(10(15)16)4-1-2-7-12/h8H,1-7,12H2,(H,13,14)(H,15,16)/t8-/m0/s1. The average molecular weight is 295 g/mol. The number of alkyl halides is 1. The largest absolute Gasteiger partial charge is 0.480 e. The van der Waals surface area contributed by atoms with Crippen molar-refractivity contribution in [3.05, 3.63) is 0 Å². The van der Waals surface area contributed by atoms with Crippen molar-refractivity contribution in [1.82, 2.24) is 5.32 Å². The Balaban J connectivity index is 3.92. The van der Waals surface area contributed by atoms with Crippen LogP contribution in [0.4, 0.5) is 0 Å². The van der Waals surface area contributed by atoms with Crippen LogP contribution < -0.4 is 11.1 Å². The van der Waals surface area contributed by atoms with Crippen molar-refractivity contribution in [2.24, 2.45) is 5.73 Å². The molecule has 1 atom stereocenters. The minimum atomic E-state index is -0.982. The Bertz CT molecular complexity index is 224. The molecule has 0 spiro atoms. The van der Waals surface area contributed by atoms with Gasteiger partial charge >= 0.3 is 5.97 Å². The molecule has 0 aliphatic carbocycles. The first-order chi connectivity index (χ1) is 7.61. The topological polar surface area (TPSA) is 92.4 Å². The Morgan fingerprint density at radius 1 is 1.31 bits per heavy atom. The van der Waals surface area contributed by atoms with Gasteiger partial charge in [-0.3, -0.25) is 4.79 Å². The van der Waals surface area contributed by atoms with Crippen LogP contribution in [-0.2, 0) is 9.59 Å². The third-order valence-electron chi connectivity index (χ3n) is 2.12. The number of amides is 1. The highest BCUT2D eigenvalue weighted by Crippen LogP contribution is 2.02. The van der Waals surface area contributed by atoms with Gasteiger partial charge in [0.15, 0.2) is 0 Å². The lowest BCUT2D eigenvalue weighted by Gasteiger charge is -2.13. The Morgan fingerprint density at radius 2 is 2.00 bits per heavy atom. The fourth-order valence-corrected chi connectivity index (χ4v) is 1.52. The first kappa shape index (κ1) is 15.4. The van der Waals surface area contributed by atoms with E-state index in [-0.39, 0.29) is 5.91 Å². The number of aliphatic carboxylic acids is 1. The van der Waals surface area contributed by atoms with E-state index in [0.29, 0.717) is 32.2 Å². The van der Waals surface area contributed by atoms with E-state index in [1.54, 1.807) is 0 Å². The molecule has 16 heavy (non-hydrogen) atoms. The van der Waals surface area contributed by atoms with Crippen molar-refractivity contribution in [3.8, 4) is 0 Å². The normalized spacial score (nSPS) is 12.1. The summed E-state index contributed by atoms with van der Waals surface area (Å²) >= 11 is 3.21. The summed E-state index contributed by atoms with van der Waals surface area (Å²) < 4.78 is 0. The number of carbonyl (C=O) groups is 2. The fourth-order valence-electron chi connectivity index (χ4n) is 1.24. The van der Waals surface area contributed by atoms with E-state index in [9.17, 15) is 9.59 Å². The maximum atomic E-state index is 11.3. The van der Waals surface area contributed by atoms with Crippen molar-refractivity contribution in [3.63, 3.8) is 0 Å². The van der Waals surface area contributed by atoms with Gasteiger partial charge in [0, 0.05) is 11.8 Å². The third kappa shape index (κ3) is 7.64. The predicted molar refractivity (Wildman–Crippen MR) is 65.5 cm³/mol. The van der Waals surface area contributed by atoms with Gasteiger partial charge in [0.1, 0.15) is 6.04 Å². The van der Waals surface area contributed by atoms with Gasteiger partial charge in [0.25, 0.3) is 0 Å². The fraction of sp³-hybridized carbons (Fsp3) is 0.800. The molecule has 0 saturated carbocycles. The summed E-state index contributed by atoms with van der Waals surface area (Å²) in [5.74, 6) is -1.19. The number of rotatable bonds is 9. The molecular formula is C10H19BrN2O3. The van der Waals surface area contributed by atoms with Gasteiger partial charge in [-0.2, -0.15) is 0 Å². The van der Waals surface area contributed by atoms with Crippen molar-refractivity contribution < 1.29 is 14.7 Å². The number of nitrogens with two attached hydrogens (primary N) is 1. The first-order valence-electron chi connectivity index (χ1n) is 5.40. The summed E-state index contributed by atoms with van der Waals surface area (Å²) in [7, 11) is 0. The molecule has 0 heterocycles. The number of carbonyl (C=O) groups excluding carboxylic acids is 1. The van der Waals surface area contributed by atoms with Gasteiger partial charge in [0.05, 0.1) is 0 Å². The third-order valence-corrected chi connectivity index (χ3v) is 2.68. The molecule has 6 heteroatoms. The molecule has 0 fully saturated rings. The second-order valence-electron chi connectivity index (χ2n) is 3.54. The van der Waals surface area contributed by atoms with Crippen molar-refractivity contribution in [1.29, 1.82) is 0 Å². The summed E-state index contributed by atoms with van der Waals surface area (Å²) in [6, 6.07) is -0.783. The molecule has 0 saturated heterocycles. The van der Waals surface area contributed by atoms with Crippen LogP contribution in [0.5, 0.6) is 0 Å². The van der Waals surface area contributed by atoms with E-state index in [1.165, 1.54) is 0 Å². The molecule has 1 amide bonds. The summed E-state index contributed by atoms with van der Waals surface area (Å²) in [6.45, 7) is 0.546. The van der Waals surface area contributed by atoms with Gasteiger partial charge in [-0.1, -0.05) is 15.9 Å². The molecule has 0 bridgehead atoms. The van der Waals surface area contributed by atoms with Crippen LogP contribution in [0, 0.1) is 0 Å². The molecule has 0 aromatic rings. The Labute approximate surface area is 104 Å². The summed E-state index contributed by atoms with van der Waals surface area (Å²) in [5, 5.41) is 12.1. The minimum Gasteiger partial charge on any atom is -0.480 e. The lowest BCUT2D eigenvalue weighted by molar-refractivity contribution is -0.142. The number of nitrogens with one attached hydrogen (secondary N) is 1. The number of hydrogen-bond donors (Lipinski definition) is 3. The molecule has 0 aliphatic heterocycles. The lowest BCUT2D eigenvalue weighted by Crippen LogP contribution is -2.40. The van der Waals surface area contributed by atoms with Crippen LogP contribution in [0.25, 0.3) is 0 Å². The second-order valence-corrected chi connectivity index (χ2v) is 4.33. The van der Waals surface area contributed by atoms with E-state index in [2.05, 4.69) is 21.2 Å². The van der Waals surface area contributed by atoms with Crippen LogP contribution in [0.3, 0.4) is 0 Å². The SMILES string of the molecule is NCCCC[C@H](NC(=O)CCCBr)C(=O)O. The van der Waals surface area contributed by atoms with E-state index in [0.717, 1.165) is 11.8 Å². The highest BCUT2D eigenvalue weighted by atomic mass is 79.9. The Kier molecular flexibility index (Phi) is 9.22. The number of hydrogen-bond acceptors (Lipinski definition) is 3. The zero-order chi connectivity index (χ0) is 12.4. The molecule has 0 aromatic carbocycles. The minimum absolute atomic E-state index is 0.209. The van der Waals surface area contributed by atoms with Gasteiger partial charge < -0.3 is 16.2 Å². The number of carboxylic acids is 1. The molecular weight excluding hydrogens is 276 g/mol. The van der Waals surface area contributed by atoms with Gasteiger partial charge in [-0.05, 0) is 32.2 Å². The van der Waals surface area contributed by atoms with Gasteiger partial charge in [-0.15, -0.1) is 0 Å². The molecule has 0 unspecified atom stereocenters. The zero-order valence-electron chi connectivity index (χ0n) is 9.25. The number of unbranched alkanes of at least 4 members (excludes halogenated alkanes) is 1. The van der Waals surface area contributed by atoms with Gasteiger partial charge in [0.2, 0.25) is 5.91 Å². The molecule has 0 aliphatic rings. The maximum absolute atomic E-state index is 11.3.